The van der Waals surface area contributed by atoms with Crippen LogP contribution >= 0.6 is 0 Å². The van der Waals surface area contributed by atoms with Crippen molar-refractivity contribution in [1.82, 2.24) is 15.1 Å². The summed E-state index contributed by atoms with van der Waals surface area (Å²) < 4.78 is 5.08. The zero-order chi connectivity index (χ0) is 16.1. The quantitative estimate of drug-likeness (QED) is 0.807. The van der Waals surface area contributed by atoms with E-state index in [2.05, 4.69) is 5.32 Å². The Hall–Kier alpha value is -1.46. The van der Waals surface area contributed by atoms with E-state index in [0.717, 1.165) is 0 Å². The van der Waals surface area contributed by atoms with Gasteiger partial charge in [-0.25, -0.2) is 9.59 Å². The number of rotatable bonds is 1. The fourth-order valence-electron chi connectivity index (χ4n) is 1.53. The van der Waals surface area contributed by atoms with Crippen molar-refractivity contribution < 1.29 is 14.3 Å². The lowest BCUT2D eigenvalue weighted by Crippen LogP contribution is -2.52. The van der Waals surface area contributed by atoms with Gasteiger partial charge >= 0.3 is 12.1 Å². The van der Waals surface area contributed by atoms with Gasteiger partial charge in [-0.15, -0.1) is 0 Å². The Morgan fingerprint density at radius 1 is 0.950 bits per heavy atom. The van der Waals surface area contributed by atoms with Crippen LogP contribution in [-0.2, 0) is 4.74 Å². The minimum Gasteiger partial charge on any atom is -0.447 e. The third-order valence-corrected chi connectivity index (χ3v) is 2.38. The summed E-state index contributed by atoms with van der Waals surface area (Å²) in [4.78, 5) is 26.1. The van der Waals surface area contributed by atoms with Crippen LogP contribution in [0.3, 0.4) is 0 Å². The van der Waals surface area contributed by atoms with Crippen molar-refractivity contribution in [2.45, 2.75) is 47.6 Å². The number of nitrogens with one attached hydrogen (secondary N) is 1. The third-order valence-electron chi connectivity index (χ3n) is 2.38. The van der Waals surface area contributed by atoms with Crippen LogP contribution in [0.2, 0.25) is 0 Å². The van der Waals surface area contributed by atoms with Crippen LogP contribution in [0, 0.1) is 0 Å². The van der Waals surface area contributed by atoms with Gasteiger partial charge in [0, 0.05) is 33.2 Å². The van der Waals surface area contributed by atoms with Gasteiger partial charge in [-0.2, -0.15) is 0 Å². The zero-order valence-electron chi connectivity index (χ0n) is 14.0. The number of amides is 3. The van der Waals surface area contributed by atoms with E-state index in [1.54, 1.807) is 16.8 Å². The van der Waals surface area contributed by atoms with E-state index < -0.39 is 0 Å². The largest absolute Gasteiger partial charge is 0.447 e. The topological polar surface area (TPSA) is 61.9 Å². The van der Waals surface area contributed by atoms with E-state index in [4.69, 9.17) is 4.74 Å². The number of hydrogen-bond donors (Lipinski definition) is 1. The molecule has 0 spiro atoms. The molecule has 6 nitrogen and oxygen atoms in total. The summed E-state index contributed by atoms with van der Waals surface area (Å²) in [5, 5.41) is 2.56. The van der Waals surface area contributed by atoms with Gasteiger partial charge in [-0.05, 0) is 13.8 Å². The Morgan fingerprint density at radius 2 is 1.35 bits per heavy atom. The molecule has 1 aliphatic rings. The molecule has 0 bridgehead atoms. The van der Waals surface area contributed by atoms with Gasteiger partial charge in [0.25, 0.3) is 0 Å². The molecule has 1 heterocycles. The smallest absolute Gasteiger partial charge is 0.410 e. The second kappa shape index (κ2) is 12.6. The highest BCUT2D eigenvalue weighted by molar-refractivity contribution is 5.74. The number of carbonyl (C=O) groups is 2. The number of ether oxygens (including phenoxy) is 1. The molecule has 1 N–H and O–H groups in total. The molecule has 0 unspecified atom stereocenters. The van der Waals surface area contributed by atoms with Crippen molar-refractivity contribution in [2.24, 2.45) is 0 Å². The summed E-state index contributed by atoms with van der Waals surface area (Å²) in [5.41, 5.74) is 0. The van der Waals surface area contributed by atoms with E-state index in [1.165, 1.54) is 0 Å². The fraction of sp³-hybridized carbons (Fsp3) is 0.857. The molecule has 1 rings (SSSR count). The van der Waals surface area contributed by atoms with Crippen molar-refractivity contribution >= 4 is 12.1 Å². The first-order valence-corrected chi connectivity index (χ1v) is 7.46. The van der Waals surface area contributed by atoms with E-state index in [0.29, 0.717) is 26.2 Å². The van der Waals surface area contributed by atoms with Crippen molar-refractivity contribution in [3.63, 3.8) is 0 Å². The van der Waals surface area contributed by atoms with Crippen LogP contribution in [0.15, 0.2) is 0 Å². The lowest BCUT2D eigenvalue weighted by molar-refractivity contribution is 0.0617. The van der Waals surface area contributed by atoms with Crippen molar-refractivity contribution in [3.8, 4) is 0 Å². The molecule has 0 aromatic heterocycles. The van der Waals surface area contributed by atoms with E-state index in [9.17, 15) is 9.59 Å². The SMILES string of the molecule is CC.CC.CNC(=O)N1CCN(C(=O)OC(C)C)CC1. The van der Waals surface area contributed by atoms with Crippen molar-refractivity contribution in [2.75, 3.05) is 33.2 Å². The summed E-state index contributed by atoms with van der Waals surface area (Å²) >= 11 is 0. The molecule has 6 heteroatoms. The summed E-state index contributed by atoms with van der Waals surface area (Å²) in [7, 11) is 1.60. The highest BCUT2D eigenvalue weighted by atomic mass is 16.6. The van der Waals surface area contributed by atoms with Crippen LogP contribution in [0.5, 0.6) is 0 Å². The normalized spacial score (nSPS) is 13.6. The van der Waals surface area contributed by atoms with Gasteiger partial charge in [0.05, 0.1) is 6.10 Å². The second-order valence-corrected chi connectivity index (χ2v) is 3.96. The number of hydrogen-bond acceptors (Lipinski definition) is 3. The molecule has 1 saturated heterocycles. The van der Waals surface area contributed by atoms with Gasteiger partial charge in [-0.1, -0.05) is 27.7 Å². The molecule has 0 radical (unpaired) electrons. The van der Waals surface area contributed by atoms with Crippen LogP contribution in [0.25, 0.3) is 0 Å². The summed E-state index contributed by atoms with van der Waals surface area (Å²) in [6.07, 6.45) is -0.406. The second-order valence-electron chi connectivity index (χ2n) is 3.96. The highest BCUT2D eigenvalue weighted by Gasteiger charge is 2.24. The summed E-state index contributed by atoms with van der Waals surface area (Å²) in [6.45, 7) is 13.8. The van der Waals surface area contributed by atoms with E-state index in [1.807, 2.05) is 41.5 Å². The third kappa shape index (κ3) is 7.86. The molecule has 20 heavy (non-hydrogen) atoms. The van der Waals surface area contributed by atoms with Crippen molar-refractivity contribution in [1.29, 1.82) is 0 Å². The molecular formula is C14H31N3O3. The average Bonchev–Trinajstić information content (AvgIpc) is 2.50. The predicted molar refractivity (Wildman–Crippen MR) is 81.9 cm³/mol. The Balaban J connectivity index is 0. The lowest BCUT2D eigenvalue weighted by Gasteiger charge is -2.34. The van der Waals surface area contributed by atoms with Crippen molar-refractivity contribution in [3.05, 3.63) is 0 Å². The molecule has 0 aromatic carbocycles. The first-order chi connectivity index (χ1) is 9.54. The van der Waals surface area contributed by atoms with Gasteiger partial charge in [0.2, 0.25) is 0 Å². The Labute approximate surface area is 123 Å². The summed E-state index contributed by atoms with van der Waals surface area (Å²) in [6, 6.07) is -0.100. The maximum absolute atomic E-state index is 11.5. The zero-order valence-corrected chi connectivity index (χ0v) is 14.0. The van der Waals surface area contributed by atoms with Crippen LogP contribution < -0.4 is 5.32 Å². The molecule has 120 valence electrons. The van der Waals surface area contributed by atoms with Gasteiger partial charge in [0.15, 0.2) is 0 Å². The maximum atomic E-state index is 11.5. The first kappa shape index (κ1) is 20.8. The van der Waals surface area contributed by atoms with Gasteiger partial charge in [-0.3, -0.25) is 0 Å². The number of urea groups is 1. The monoisotopic (exact) mass is 289 g/mol. The van der Waals surface area contributed by atoms with Crippen LogP contribution in [-0.4, -0.2) is 61.3 Å². The molecule has 3 amide bonds. The molecule has 1 aliphatic heterocycles. The Morgan fingerprint density at radius 3 is 1.70 bits per heavy atom. The molecule has 0 aromatic rings. The Kier molecular flexibility index (Phi) is 13.1. The highest BCUT2D eigenvalue weighted by Crippen LogP contribution is 2.05. The minimum absolute atomic E-state index is 0.100. The van der Waals surface area contributed by atoms with E-state index >= 15 is 0 Å². The summed E-state index contributed by atoms with van der Waals surface area (Å²) in [5.74, 6) is 0. The number of piperazine rings is 1. The Bertz CT molecular complexity index is 262. The molecular weight excluding hydrogens is 258 g/mol. The predicted octanol–water partition coefficient (Wildman–Crippen LogP) is 2.54. The fourth-order valence-corrected chi connectivity index (χ4v) is 1.53. The van der Waals surface area contributed by atoms with Gasteiger partial charge < -0.3 is 19.9 Å². The van der Waals surface area contributed by atoms with Gasteiger partial charge in [0.1, 0.15) is 0 Å². The molecule has 0 atom stereocenters. The van der Waals surface area contributed by atoms with Crippen LogP contribution in [0.4, 0.5) is 9.59 Å². The van der Waals surface area contributed by atoms with E-state index in [-0.39, 0.29) is 18.2 Å². The maximum Gasteiger partial charge on any atom is 0.410 e. The molecule has 1 fully saturated rings. The standard InChI is InChI=1S/C10H19N3O3.2C2H6/c1-8(2)16-10(15)13-6-4-12(5-7-13)9(14)11-3;2*1-2/h8H,4-7H2,1-3H3,(H,11,14);2*1-2H3. The lowest BCUT2D eigenvalue weighted by atomic mass is 10.3. The number of carbonyl (C=O) groups excluding carboxylic acids is 2. The molecule has 0 aliphatic carbocycles. The molecule has 0 saturated carbocycles. The number of nitrogens with zero attached hydrogens (tertiary/aromatic N) is 2. The first-order valence-electron chi connectivity index (χ1n) is 7.46. The minimum atomic E-state index is -0.299. The average molecular weight is 289 g/mol. The van der Waals surface area contributed by atoms with Crippen LogP contribution in [0.1, 0.15) is 41.5 Å².